The molecule has 0 bridgehead atoms. The van der Waals surface area contributed by atoms with Crippen LogP contribution in [0.2, 0.25) is 0 Å². The van der Waals surface area contributed by atoms with Gasteiger partial charge in [0.2, 0.25) is 0 Å². The fourth-order valence-corrected chi connectivity index (χ4v) is 1.69. The Balaban J connectivity index is 2.79. The number of nitrogens with zero attached hydrogens (tertiary/aromatic N) is 2. The molecule has 86 valence electrons. The second-order valence-electron chi connectivity index (χ2n) is 5.36. The van der Waals surface area contributed by atoms with Gasteiger partial charge in [-0.05, 0) is 24.0 Å². The fraction of sp³-hybridized carbons (Fsp3) is 0.500. The van der Waals surface area contributed by atoms with Crippen molar-refractivity contribution in [1.82, 2.24) is 0 Å². The molecule has 1 atom stereocenters. The van der Waals surface area contributed by atoms with Crippen molar-refractivity contribution in [1.29, 1.82) is 5.26 Å². The van der Waals surface area contributed by atoms with E-state index in [0.717, 1.165) is 12.1 Å². The molecule has 2 heteroatoms. The summed E-state index contributed by atoms with van der Waals surface area (Å²) in [4.78, 5) is 2.05. The Morgan fingerprint density at radius 2 is 1.81 bits per heavy atom. The lowest BCUT2D eigenvalue weighted by Gasteiger charge is -2.30. The summed E-state index contributed by atoms with van der Waals surface area (Å²) in [5, 5.41) is 9.23. The Hall–Kier alpha value is -1.49. The first-order chi connectivity index (χ1) is 7.44. The van der Waals surface area contributed by atoms with Crippen LogP contribution in [0, 0.1) is 16.7 Å². The lowest BCUT2D eigenvalue weighted by atomic mass is 9.88. The highest BCUT2D eigenvalue weighted by atomic mass is 15.1. The van der Waals surface area contributed by atoms with Gasteiger partial charge in [-0.3, -0.25) is 0 Å². The van der Waals surface area contributed by atoms with Gasteiger partial charge in [0.1, 0.15) is 6.04 Å². The molecule has 0 heterocycles. The number of hydrogen-bond donors (Lipinski definition) is 0. The molecule has 1 rings (SSSR count). The summed E-state index contributed by atoms with van der Waals surface area (Å²) in [6.07, 6.45) is 0.870. The summed E-state index contributed by atoms with van der Waals surface area (Å²) in [5.41, 5.74) is 1.27. The van der Waals surface area contributed by atoms with Crippen LogP contribution in [0.5, 0.6) is 0 Å². The number of benzene rings is 1. The number of hydrogen-bond acceptors (Lipinski definition) is 2. The van der Waals surface area contributed by atoms with E-state index in [4.69, 9.17) is 0 Å². The minimum Gasteiger partial charge on any atom is -0.359 e. The van der Waals surface area contributed by atoms with Gasteiger partial charge < -0.3 is 4.90 Å². The van der Waals surface area contributed by atoms with Crippen molar-refractivity contribution in [2.24, 2.45) is 5.41 Å². The van der Waals surface area contributed by atoms with Gasteiger partial charge >= 0.3 is 0 Å². The van der Waals surface area contributed by atoms with Gasteiger partial charge in [-0.25, -0.2) is 0 Å². The predicted molar refractivity (Wildman–Crippen MR) is 68.3 cm³/mol. The number of nitriles is 1. The van der Waals surface area contributed by atoms with Gasteiger partial charge in [0.15, 0.2) is 0 Å². The van der Waals surface area contributed by atoms with Crippen LogP contribution in [0.25, 0.3) is 0 Å². The van der Waals surface area contributed by atoms with E-state index in [1.807, 2.05) is 42.3 Å². The summed E-state index contributed by atoms with van der Waals surface area (Å²) in [7, 11) is 1.98. The minimum absolute atomic E-state index is 0.0672. The van der Waals surface area contributed by atoms with E-state index in [2.05, 4.69) is 26.8 Å². The molecule has 0 aliphatic rings. The Labute approximate surface area is 98.5 Å². The molecule has 2 nitrogen and oxygen atoms in total. The molecular formula is C14H20N2. The average molecular weight is 216 g/mol. The molecule has 0 spiro atoms. The first kappa shape index (κ1) is 12.6. The monoisotopic (exact) mass is 216 g/mol. The quantitative estimate of drug-likeness (QED) is 0.773. The van der Waals surface area contributed by atoms with Crippen molar-refractivity contribution < 1.29 is 0 Å². The third-order valence-electron chi connectivity index (χ3n) is 2.59. The molecule has 1 aromatic carbocycles. The molecule has 16 heavy (non-hydrogen) atoms. The van der Waals surface area contributed by atoms with Crippen LogP contribution >= 0.6 is 0 Å². The van der Waals surface area contributed by atoms with E-state index in [-0.39, 0.29) is 11.5 Å². The number of para-hydroxylation sites is 1. The number of rotatable bonds is 3. The molecule has 0 radical (unpaired) electrons. The zero-order chi connectivity index (χ0) is 12.2. The van der Waals surface area contributed by atoms with E-state index in [1.165, 1.54) is 0 Å². The van der Waals surface area contributed by atoms with E-state index in [9.17, 15) is 5.26 Å². The van der Waals surface area contributed by atoms with Gasteiger partial charge in [0, 0.05) is 12.7 Å². The molecule has 0 aliphatic heterocycles. The van der Waals surface area contributed by atoms with Gasteiger partial charge in [-0.2, -0.15) is 5.26 Å². The van der Waals surface area contributed by atoms with Crippen LogP contribution in [-0.4, -0.2) is 13.1 Å². The summed E-state index contributed by atoms with van der Waals surface area (Å²) in [6.45, 7) is 6.49. The maximum Gasteiger partial charge on any atom is 0.117 e. The summed E-state index contributed by atoms with van der Waals surface area (Å²) in [6, 6.07) is 12.4. The summed E-state index contributed by atoms with van der Waals surface area (Å²) in [5.74, 6) is 0. The lowest BCUT2D eigenvalue weighted by Crippen LogP contribution is -2.33. The van der Waals surface area contributed by atoms with Gasteiger partial charge in [-0.15, -0.1) is 0 Å². The second-order valence-corrected chi connectivity index (χ2v) is 5.36. The van der Waals surface area contributed by atoms with Crippen LogP contribution in [0.4, 0.5) is 5.69 Å². The highest BCUT2D eigenvalue weighted by Crippen LogP contribution is 2.25. The zero-order valence-electron chi connectivity index (χ0n) is 10.6. The van der Waals surface area contributed by atoms with Crippen molar-refractivity contribution >= 4 is 5.69 Å². The van der Waals surface area contributed by atoms with Crippen LogP contribution in [-0.2, 0) is 0 Å². The van der Waals surface area contributed by atoms with E-state index in [1.54, 1.807) is 0 Å². The predicted octanol–water partition coefficient (Wildman–Crippen LogP) is 3.45. The molecule has 0 fully saturated rings. The molecular weight excluding hydrogens is 196 g/mol. The topological polar surface area (TPSA) is 27.0 Å². The van der Waals surface area contributed by atoms with Crippen molar-refractivity contribution in [2.45, 2.75) is 33.2 Å². The van der Waals surface area contributed by atoms with Crippen LogP contribution in [0.1, 0.15) is 27.2 Å². The third kappa shape index (κ3) is 3.58. The van der Waals surface area contributed by atoms with Crippen molar-refractivity contribution in [3.63, 3.8) is 0 Å². The van der Waals surface area contributed by atoms with Crippen molar-refractivity contribution in [2.75, 3.05) is 11.9 Å². The highest BCUT2D eigenvalue weighted by Gasteiger charge is 2.21. The Morgan fingerprint density at radius 1 is 1.25 bits per heavy atom. The first-order valence-electron chi connectivity index (χ1n) is 5.61. The zero-order valence-corrected chi connectivity index (χ0v) is 10.6. The van der Waals surface area contributed by atoms with Gasteiger partial charge in [0.25, 0.3) is 0 Å². The standard InChI is InChI=1S/C14H20N2/c1-14(2,3)10-13(11-15)16(4)12-8-6-5-7-9-12/h5-9,13H,10H2,1-4H3/t13-/m1/s1. The molecule has 1 aromatic rings. The Morgan fingerprint density at radius 3 is 2.25 bits per heavy atom. The second kappa shape index (κ2) is 5.03. The molecule has 0 N–H and O–H groups in total. The van der Waals surface area contributed by atoms with Crippen molar-refractivity contribution in [3.8, 4) is 6.07 Å². The fourth-order valence-electron chi connectivity index (χ4n) is 1.69. The highest BCUT2D eigenvalue weighted by molar-refractivity contribution is 5.47. The summed E-state index contributed by atoms with van der Waals surface area (Å²) >= 11 is 0. The SMILES string of the molecule is CN(c1ccccc1)[C@@H](C#N)CC(C)(C)C. The minimum atomic E-state index is -0.0672. The van der Waals surface area contributed by atoms with E-state index in [0.29, 0.717) is 0 Å². The molecule has 0 aromatic heterocycles. The first-order valence-corrected chi connectivity index (χ1v) is 5.61. The Kier molecular flexibility index (Phi) is 3.95. The summed E-state index contributed by atoms with van der Waals surface area (Å²) < 4.78 is 0. The molecule has 0 saturated heterocycles. The Bertz CT molecular complexity index is 357. The van der Waals surface area contributed by atoms with Crippen molar-refractivity contribution in [3.05, 3.63) is 30.3 Å². The van der Waals surface area contributed by atoms with Gasteiger partial charge in [-0.1, -0.05) is 39.0 Å². The molecule has 0 aliphatic carbocycles. The van der Waals surface area contributed by atoms with Gasteiger partial charge in [0.05, 0.1) is 6.07 Å². The number of anilines is 1. The largest absolute Gasteiger partial charge is 0.359 e. The van der Waals surface area contributed by atoms with E-state index < -0.39 is 0 Å². The average Bonchev–Trinajstić information content (AvgIpc) is 2.25. The molecule has 0 saturated carbocycles. The lowest BCUT2D eigenvalue weighted by molar-refractivity contribution is 0.359. The van der Waals surface area contributed by atoms with E-state index >= 15 is 0 Å². The van der Waals surface area contributed by atoms with Crippen LogP contribution in [0.3, 0.4) is 0 Å². The maximum absolute atomic E-state index is 9.23. The molecule has 0 unspecified atom stereocenters. The molecule has 0 amide bonds. The van der Waals surface area contributed by atoms with Crippen LogP contribution in [0.15, 0.2) is 30.3 Å². The third-order valence-corrected chi connectivity index (χ3v) is 2.59. The smallest absolute Gasteiger partial charge is 0.117 e. The maximum atomic E-state index is 9.23. The normalized spacial score (nSPS) is 12.9. The van der Waals surface area contributed by atoms with Crippen LogP contribution < -0.4 is 4.90 Å².